The third-order valence-electron chi connectivity index (χ3n) is 6.24. The minimum Gasteiger partial charge on any atom is -0.368 e. The fraction of sp³-hybridized carbons (Fsp3) is 0.231. The Hall–Kier alpha value is -2.96. The quantitative estimate of drug-likeness (QED) is 0.357. The molecule has 3 aromatic carbocycles. The lowest BCUT2D eigenvalue weighted by molar-refractivity contribution is -0.137. The third kappa shape index (κ3) is 4.45. The first-order valence-electron chi connectivity index (χ1n) is 10.9. The Morgan fingerprint density at radius 1 is 0.818 bits per heavy atom. The molecule has 3 nitrogen and oxygen atoms in total. The number of aromatic amines is 1. The number of aromatic nitrogens is 1. The van der Waals surface area contributed by atoms with Gasteiger partial charge in [0.15, 0.2) is 0 Å². The van der Waals surface area contributed by atoms with Crippen LogP contribution < -0.4 is 4.90 Å². The van der Waals surface area contributed by atoms with Gasteiger partial charge in [0.1, 0.15) is 0 Å². The molecule has 1 unspecified atom stereocenters. The topological polar surface area (TPSA) is 22.3 Å². The fourth-order valence-corrected chi connectivity index (χ4v) is 4.89. The summed E-state index contributed by atoms with van der Waals surface area (Å²) in [6, 6.07) is 23.9. The predicted octanol–water partition coefficient (Wildman–Crippen LogP) is 6.75. The molecule has 0 amide bonds. The Labute approximate surface area is 195 Å². The highest BCUT2D eigenvalue weighted by Gasteiger charge is 2.36. The lowest BCUT2D eigenvalue weighted by Crippen LogP contribution is -2.48. The van der Waals surface area contributed by atoms with Gasteiger partial charge in [0.05, 0.1) is 11.6 Å². The number of anilines is 1. The molecule has 170 valence electrons. The zero-order valence-electron chi connectivity index (χ0n) is 17.8. The van der Waals surface area contributed by atoms with E-state index in [-0.39, 0.29) is 11.7 Å². The number of benzene rings is 3. The smallest absolute Gasteiger partial charge is 0.368 e. The van der Waals surface area contributed by atoms with Crippen molar-refractivity contribution in [1.82, 2.24) is 9.88 Å². The third-order valence-corrected chi connectivity index (χ3v) is 6.48. The molecule has 0 aliphatic carbocycles. The van der Waals surface area contributed by atoms with E-state index < -0.39 is 11.7 Å². The highest BCUT2D eigenvalue weighted by molar-refractivity contribution is 6.31. The Morgan fingerprint density at radius 3 is 2.24 bits per heavy atom. The number of nitrogens with zero attached hydrogens (tertiary/aromatic N) is 2. The number of nitrogens with one attached hydrogen (secondary N) is 1. The second-order valence-electron chi connectivity index (χ2n) is 8.31. The van der Waals surface area contributed by atoms with Crippen LogP contribution in [0.3, 0.4) is 0 Å². The summed E-state index contributed by atoms with van der Waals surface area (Å²) >= 11 is 6.18. The van der Waals surface area contributed by atoms with Crippen LogP contribution in [0.5, 0.6) is 0 Å². The van der Waals surface area contributed by atoms with Gasteiger partial charge in [0.2, 0.25) is 0 Å². The fourth-order valence-electron chi connectivity index (χ4n) is 4.71. The van der Waals surface area contributed by atoms with Gasteiger partial charge in [-0.05, 0) is 42.0 Å². The first kappa shape index (κ1) is 21.9. The number of halogens is 4. The molecule has 0 bridgehead atoms. The SMILES string of the molecule is FC(F)(F)c1ccccc1N1CCN(C(c2ccccc2)c2cc3cc(Cl)ccc3[nH]2)CC1. The van der Waals surface area contributed by atoms with Crippen LogP contribution in [0.15, 0.2) is 78.9 Å². The van der Waals surface area contributed by atoms with Crippen LogP contribution in [0, 0.1) is 0 Å². The summed E-state index contributed by atoms with van der Waals surface area (Å²) in [6.07, 6.45) is -4.37. The van der Waals surface area contributed by atoms with Crippen LogP contribution in [0.1, 0.15) is 22.9 Å². The Kier molecular flexibility index (Phi) is 5.81. The molecule has 0 saturated carbocycles. The van der Waals surface area contributed by atoms with E-state index in [0.717, 1.165) is 28.2 Å². The highest BCUT2D eigenvalue weighted by atomic mass is 35.5. The van der Waals surface area contributed by atoms with Crippen molar-refractivity contribution < 1.29 is 13.2 Å². The van der Waals surface area contributed by atoms with Crippen LogP contribution in [0.4, 0.5) is 18.9 Å². The second kappa shape index (κ2) is 8.76. The van der Waals surface area contributed by atoms with Gasteiger partial charge in [-0.2, -0.15) is 13.2 Å². The Balaban J connectivity index is 1.44. The summed E-state index contributed by atoms with van der Waals surface area (Å²) in [4.78, 5) is 7.70. The number of hydrogen-bond acceptors (Lipinski definition) is 2. The molecule has 1 N–H and O–H groups in total. The van der Waals surface area contributed by atoms with E-state index in [2.05, 4.69) is 28.1 Å². The van der Waals surface area contributed by atoms with Crippen molar-refractivity contribution in [2.75, 3.05) is 31.1 Å². The average Bonchev–Trinajstić information content (AvgIpc) is 3.22. The molecule has 1 aliphatic heterocycles. The molecule has 7 heteroatoms. The number of hydrogen-bond donors (Lipinski definition) is 1. The van der Waals surface area contributed by atoms with Crippen LogP contribution >= 0.6 is 11.6 Å². The number of alkyl halides is 3. The van der Waals surface area contributed by atoms with Gasteiger partial charge >= 0.3 is 6.18 Å². The van der Waals surface area contributed by atoms with Gasteiger partial charge in [-0.25, -0.2) is 0 Å². The summed E-state index contributed by atoms with van der Waals surface area (Å²) < 4.78 is 40.6. The summed E-state index contributed by atoms with van der Waals surface area (Å²) in [7, 11) is 0. The average molecular weight is 470 g/mol. The lowest BCUT2D eigenvalue weighted by atomic mass is 10.0. The lowest BCUT2D eigenvalue weighted by Gasteiger charge is -2.40. The molecule has 1 atom stereocenters. The molecule has 0 radical (unpaired) electrons. The van der Waals surface area contributed by atoms with Crippen LogP contribution in [0.25, 0.3) is 10.9 Å². The van der Waals surface area contributed by atoms with Gasteiger partial charge in [0, 0.05) is 53.5 Å². The van der Waals surface area contributed by atoms with Gasteiger partial charge < -0.3 is 9.88 Å². The largest absolute Gasteiger partial charge is 0.418 e. The summed E-state index contributed by atoms with van der Waals surface area (Å²) in [6.45, 7) is 2.31. The molecular formula is C26H23ClF3N3. The van der Waals surface area contributed by atoms with Crippen LogP contribution in [-0.2, 0) is 6.18 Å². The zero-order valence-corrected chi connectivity index (χ0v) is 18.6. The normalized spacial score (nSPS) is 16.3. The van der Waals surface area contributed by atoms with E-state index in [1.54, 1.807) is 12.1 Å². The monoisotopic (exact) mass is 469 g/mol. The first-order chi connectivity index (χ1) is 15.9. The van der Waals surface area contributed by atoms with Crippen molar-refractivity contribution in [2.24, 2.45) is 0 Å². The van der Waals surface area contributed by atoms with E-state index in [4.69, 9.17) is 11.6 Å². The van der Waals surface area contributed by atoms with Gasteiger partial charge in [-0.1, -0.05) is 54.1 Å². The maximum atomic E-state index is 13.5. The second-order valence-corrected chi connectivity index (χ2v) is 8.74. The summed E-state index contributed by atoms with van der Waals surface area (Å²) in [5, 5.41) is 1.72. The molecule has 33 heavy (non-hydrogen) atoms. The zero-order chi connectivity index (χ0) is 23.0. The molecule has 0 spiro atoms. The van der Waals surface area contributed by atoms with E-state index in [1.807, 2.05) is 41.3 Å². The number of piperazine rings is 1. The van der Waals surface area contributed by atoms with E-state index in [9.17, 15) is 13.2 Å². The summed E-state index contributed by atoms with van der Waals surface area (Å²) in [5.74, 6) is 0. The molecule has 4 aromatic rings. The van der Waals surface area contributed by atoms with Crippen molar-refractivity contribution in [1.29, 1.82) is 0 Å². The molecule has 1 fully saturated rings. The Morgan fingerprint density at radius 2 is 1.52 bits per heavy atom. The Bertz CT molecular complexity index is 1240. The van der Waals surface area contributed by atoms with Gasteiger partial charge in [-0.3, -0.25) is 4.90 Å². The molecule has 5 rings (SSSR count). The predicted molar refractivity (Wildman–Crippen MR) is 127 cm³/mol. The van der Waals surface area contributed by atoms with Crippen LogP contribution in [-0.4, -0.2) is 36.1 Å². The number of rotatable bonds is 4. The molecule has 1 saturated heterocycles. The van der Waals surface area contributed by atoms with Gasteiger partial charge in [-0.15, -0.1) is 0 Å². The van der Waals surface area contributed by atoms with Crippen molar-refractivity contribution in [2.45, 2.75) is 12.2 Å². The number of para-hydroxylation sites is 1. The minimum absolute atomic E-state index is 0.0302. The van der Waals surface area contributed by atoms with Crippen molar-refractivity contribution in [3.8, 4) is 0 Å². The van der Waals surface area contributed by atoms with Gasteiger partial charge in [0.25, 0.3) is 0 Å². The molecule has 1 aliphatic rings. The van der Waals surface area contributed by atoms with E-state index in [1.165, 1.54) is 6.07 Å². The standard InChI is InChI=1S/C26H23ClF3N3/c27-20-10-11-22-19(16-20)17-23(31-22)25(18-6-2-1-3-7-18)33-14-12-32(13-15-33)24-9-5-4-8-21(24)26(28,29)30/h1-11,16-17,25,31H,12-15H2. The molecule has 1 aromatic heterocycles. The minimum atomic E-state index is -4.37. The van der Waals surface area contributed by atoms with Crippen molar-refractivity contribution in [3.63, 3.8) is 0 Å². The summed E-state index contributed by atoms with van der Waals surface area (Å²) in [5.41, 5.74) is 2.86. The van der Waals surface area contributed by atoms with Crippen molar-refractivity contribution in [3.05, 3.63) is 101 Å². The number of H-pyrrole nitrogens is 1. The van der Waals surface area contributed by atoms with E-state index in [0.29, 0.717) is 31.2 Å². The number of fused-ring (bicyclic) bond motifs is 1. The first-order valence-corrected chi connectivity index (χ1v) is 11.3. The maximum absolute atomic E-state index is 13.5. The maximum Gasteiger partial charge on any atom is 0.418 e. The van der Waals surface area contributed by atoms with Crippen molar-refractivity contribution >= 4 is 28.2 Å². The highest BCUT2D eigenvalue weighted by Crippen LogP contribution is 2.38. The van der Waals surface area contributed by atoms with Crippen LogP contribution in [0.2, 0.25) is 5.02 Å². The van der Waals surface area contributed by atoms with E-state index >= 15 is 0 Å². The molecule has 2 heterocycles. The molecular weight excluding hydrogens is 447 g/mol.